The number of nitrogens with one attached hydrogen (secondary N) is 1. The zero-order chi connectivity index (χ0) is 16.2. The van der Waals surface area contributed by atoms with Gasteiger partial charge in [-0.1, -0.05) is 31.2 Å². The maximum atomic E-state index is 11.4. The van der Waals surface area contributed by atoms with Gasteiger partial charge in [0.2, 0.25) is 5.91 Å². The van der Waals surface area contributed by atoms with E-state index < -0.39 is 0 Å². The predicted molar refractivity (Wildman–Crippen MR) is 96.6 cm³/mol. The second-order valence-corrected chi connectivity index (χ2v) is 6.24. The molecule has 3 aromatic rings. The Balaban J connectivity index is 1.92. The Bertz CT molecular complexity index is 808. The van der Waals surface area contributed by atoms with Crippen LogP contribution in [0.25, 0.3) is 21.7 Å². The highest BCUT2D eigenvalue weighted by Crippen LogP contribution is 2.30. The zero-order valence-electron chi connectivity index (χ0n) is 13.2. The van der Waals surface area contributed by atoms with Crippen LogP contribution in [0.4, 0.5) is 5.69 Å². The van der Waals surface area contributed by atoms with Gasteiger partial charge in [-0.2, -0.15) is 0 Å². The van der Waals surface area contributed by atoms with Crippen molar-refractivity contribution >= 4 is 22.9 Å². The van der Waals surface area contributed by atoms with Crippen molar-refractivity contribution in [3.05, 3.63) is 59.6 Å². The monoisotopic (exact) mass is 322 g/mol. The Morgan fingerprint density at radius 2 is 1.87 bits per heavy atom. The fourth-order valence-electron chi connectivity index (χ4n) is 2.41. The molecule has 1 heterocycles. The Morgan fingerprint density at radius 3 is 2.52 bits per heavy atom. The summed E-state index contributed by atoms with van der Waals surface area (Å²) in [5.74, 6) is 0.0275. The molecule has 0 atom stereocenters. The molecule has 0 bridgehead atoms. The Morgan fingerprint density at radius 1 is 1.13 bits per heavy atom. The van der Waals surface area contributed by atoms with Crippen molar-refractivity contribution in [1.29, 1.82) is 0 Å². The van der Waals surface area contributed by atoms with Crippen LogP contribution in [0.2, 0.25) is 0 Å². The normalized spacial score (nSPS) is 10.5. The van der Waals surface area contributed by atoms with Gasteiger partial charge in [0.15, 0.2) is 0 Å². The van der Waals surface area contributed by atoms with Crippen molar-refractivity contribution in [2.24, 2.45) is 0 Å². The highest BCUT2D eigenvalue weighted by molar-refractivity contribution is 7.13. The van der Waals surface area contributed by atoms with Gasteiger partial charge in [-0.3, -0.25) is 4.79 Å². The number of rotatable bonds is 4. The van der Waals surface area contributed by atoms with Crippen molar-refractivity contribution in [2.75, 3.05) is 5.32 Å². The summed E-state index contributed by atoms with van der Waals surface area (Å²) in [6, 6.07) is 14.4. The van der Waals surface area contributed by atoms with E-state index in [-0.39, 0.29) is 5.91 Å². The summed E-state index contributed by atoms with van der Waals surface area (Å²) >= 11 is 1.64. The van der Waals surface area contributed by atoms with Crippen LogP contribution in [-0.2, 0) is 4.79 Å². The van der Waals surface area contributed by atoms with Crippen LogP contribution in [0, 0.1) is 6.92 Å². The minimum Gasteiger partial charge on any atom is -0.326 e. The highest BCUT2D eigenvalue weighted by atomic mass is 32.1. The molecular weight excluding hydrogens is 304 g/mol. The van der Waals surface area contributed by atoms with Crippen molar-refractivity contribution in [3.8, 4) is 21.7 Å². The minimum absolute atomic E-state index is 0.0275. The third-order valence-corrected chi connectivity index (χ3v) is 4.54. The summed E-state index contributed by atoms with van der Waals surface area (Å²) in [6.07, 6.45) is 2.31. The van der Waals surface area contributed by atoms with E-state index in [1.54, 1.807) is 11.3 Å². The lowest BCUT2D eigenvalue weighted by Gasteiger charge is -2.10. The Labute approximate surface area is 140 Å². The maximum absolute atomic E-state index is 11.4. The van der Waals surface area contributed by atoms with E-state index >= 15 is 0 Å². The van der Waals surface area contributed by atoms with E-state index in [2.05, 4.69) is 35.4 Å². The first-order chi connectivity index (χ1) is 11.2. The molecular formula is C19H18N2OS. The number of nitrogens with zero attached hydrogens (tertiary/aromatic N) is 1. The maximum Gasteiger partial charge on any atom is 0.224 e. The van der Waals surface area contributed by atoms with E-state index in [0.29, 0.717) is 6.42 Å². The van der Waals surface area contributed by atoms with Gasteiger partial charge in [-0.25, -0.2) is 4.98 Å². The largest absolute Gasteiger partial charge is 0.326 e. The molecule has 0 aliphatic carbocycles. The Hall–Kier alpha value is -2.46. The van der Waals surface area contributed by atoms with Crippen molar-refractivity contribution < 1.29 is 4.79 Å². The molecule has 1 amide bonds. The molecule has 0 saturated heterocycles. The average Bonchev–Trinajstić information content (AvgIpc) is 3.10. The highest BCUT2D eigenvalue weighted by Gasteiger charge is 2.07. The summed E-state index contributed by atoms with van der Waals surface area (Å²) in [7, 11) is 0. The minimum atomic E-state index is 0.0275. The number of hydrogen-bond acceptors (Lipinski definition) is 3. The number of thiazole rings is 1. The molecule has 1 aromatic heterocycles. The van der Waals surface area contributed by atoms with Crippen LogP contribution in [0.1, 0.15) is 18.9 Å². The first-order valence-corrected chi connectivity index (χ1v) is 8.46. The molecule has 3 nitrogen and oxygen atoms in total. The number of benzene rings is 2. The molecule has 0 aliphatic rings. The molecule has 1 N–H and O–H groups in total. The van der Waals surface area contributed by atoms with Gasteiger partial charge in [-0.15, -0.1) is 11.3 Å². The average molecular weight is 322 g/mol. The molecule has 3 rings (SSSR count). The molecule has 4 heteroatoms. The topological polar surface area (TPSA) is 42.0 Å². The second-order valence-electron chi connectivity index (χ2n) is 5.35. The summed E-state index contributed by atoms with van der Waals surface area (Å²) < 4.78 is 0. The standard InChI is InChI=1S/C19H18N2OS/c1-3-18(22)21-16-8-6-14(7-9-16)17-12-15(5-4-13(17)2)19-20-10-11-23-19/h4-12H,3H2,1-2H3,(H,21,22). The molecule has 23 heavy (non-hydrogen) atoms. The van der Waals surface area contributed by atoms with E-state index in [1.165, 1.54) is 11.1 Å². The van der Waals surface area contributed by atoms with Gasteiger partial charge in [-0.05, 0) is 41.8 Å². The molecule has 2 aromatic carbocycles. The van der Waals surface area contributed by atoms with E-state index in [4.69, 9.17) is 0 Å². The third kappa shape index (κ3) is 3.48. The first kappa shape index (κ1) is 15.4. The lowest BCUT2D eigenvalue weighted by molar-refractivity contribution is -0.115. The molecule has 0 saturated carbocycles. The predicted octanol–water partition coefficient (Wildman–Crippen LogP) is 5.13. The summed E-state index contributed by atoms with van der Waals surface area (Å²) in [5, 5.41) is 5.88. The van der Waals surface area contributed by atoms with Crippen LogP contribution in [0.15, 0.2) is 54.0 Å². The number of aromatic nitrogens is 1. The smallest absolute Gasteiger partial charge is 0.224 e. The van der Waals surface area contributed by atoms with Crippen LogP contribution in [0.5, 0.6) is 0 Å². The molecule has 116 valence electrons. The number of hydrogen-bond donors (Lipinski definition) is 1. The van der Waals surface area contributed by atoms with Crippen molar-refractivity contribution in [2.45, 2.75) is 20.3 Å². The number of carbonyl (C=O) groups excluding carboxylic acids is 1. The van der Waals surface area contributed by atoms with E-state index in [0.717, 1.165) is 21.8 Å². The van der Waals surface area contributed by atoms with E-state index in [1.807, 2.05) is 42.8 Å². The molecule has 0 fully saturated rings. The molecule has 0 radical (unpaired) electrons. The van der Waals surface area contributed by atoms with Gasteiger partial charge >= 0.3 is 0 Å². The zero-order valence-corrected chi connectivity index (χ0v) is 14.0. The quantitative estimate of drug-likeness (QED) is 0.723. The summed E-state index contributed by atoms with van der Waals surface area (Å²) in [6.45, 7) is 3.95. The lowest BCUT2D eigenvalue weighted by atomic mass is 9.98. The van der Waals surface area contributed by atoms with Crippen LogP contribution in [-0.4, -0.2) is 10.9 Å². The lowest BCUT2D eigenvalue weighted by Crippen LogP contribution is -2.09. The molecule has 0 unspecified atom stereocenters. The Kier molecular flexibility index (Phi) is 4.53. The number of anilines is 1. The van der Waals surface area contributed by atoms with Crippen molar-refractivity contribution in [3.63, 3.8) is 0 Å². The van der Waals surface area contributed by atoms with Gasteiger partial charge in [0, 0.05) is 29.2 Å². The summed E-state index contributed by atoms with van der Waals surface area (Å²) in [4.78, 5) is 15.8. The van der Waals surface area contributed by atoms with Gasteiger partial charge in [0.05, 0.1) is 0 Å². The first-order valence-electron chi connectivity index (χ1n) is 7.58. The molecule has 0 aliphatic heterocycles. The summed E-state index contributed by atoms with van der Waals surface area (Å²) in [5.41, 5.74) is 5.50. The number of aryl methyl sites for hydroxylation is 1. The van der Waals surface area contributed by atoms with Crippen LogP contribution < -0.4 is 5.32 Å². The third-order valence-electron chi connectivity index (χ3n) is 3.72. The van der Waals surface area contributed by atoms with Crippen LogP contribution in [0.3, 0.4) is 0 Å². The van der Waals surface area contributed by atoms with Gasteiger partial charge < -0.3 is 5.32 Å². The van der Waals surface area contributed by atoms with Crippen molar-refractivity contribution in [1.82, 2.24) is 4.98 Å². The van der Waals surface area contributed by atoms with Gasteiger partial charge in [0.25, 0.3) is 0 Å². The fraction of sp³-hybridized carbons (Fsp3) is 0.158. The SMILES string of the molecule is CCC(=O)Nc1ccc(-c2cc(-c3nccs3)ccc2C)cc1. The number of carbonyl (C=O) groups is 1. The van der Waals surface area contributed by atoms with Gasteiger partial charge in [0.1, 0.15) is 5.01 Å². The second kappa shape index (κ2) is 6.75. The van der Waals surface area contributed by atoms with Crippen LogP contribution >= 0.6 is 11.3 Å². The van der Waals surface area contributed by atoms with E-state index in [9.17, 15) is 4.79 Å². The fourth-order valence-corrected chi connectivity index (χ4v) is 3.05. The molecule has 0 spiro atoms. The number of amides is 1.